The van der Waals surface area contributed by atoms with E-state index in [0.29, 0.717) is 0 Å². The molecule has 0 saturated carbocycles. The van der Waals surface area contributed by atoms with Crippen molar-refractivity contribution in [3.05, 3.63) is 47.2 Å². The molecule has 5 radical (unpaired) electrons. The van der Waals surface area contributed by atoms with Crippen molar-refractivity contribution in [2.45, 2.75) is 32.6 Å². The van der Waals surface area contributed by atoms with Crippen LogP contribution in [0.15, 0.2) is 47.2 Å². The first kappa shape index (κ1) is 22.7. The number of ether oxygens (including phenoxy) is 2. The third-order valence-corrected chi connectivity index (χ3v) is 5.94. The van der Waals surface area contributed by atoms with Crippen LogP contribution >= 0.6 is 22.7 Å². The van der Waals surface area contributed by atoms with Crippen LogP contribution in [0.4, 0.5) is 0 Å². The Morgan fingerprint density at radius 1 is 0.893 bits per heavy atom. The van der Waals surface area contributed by atoms with Gasteiger partial charge in [-0.05, 0) is 41.4 Å². The lowest BCUT2D eigenvalue weighted by atomic mass is 9.40. The first-order valence-corrected chi connectivity index (χ1v) is 11.2. The van der Waals surface area contributed by atoms with E-state index >= 15 is 0 Å². The molecule has 3 rings (SSSR count). The zero-order valence-electron chi connectivity index (χ0n) is 16.5. The maximum atomic E-state index is 6.20. The highest BCUT2D eigenvalue weighted by Crippen LogP contribution is 2.43. The van der Waals surface area contributed by atoms with Crippen LogP contribution in [0.2, 0.25) is 0 Å². The van der Waals surface area contributed by atoms with Gasteiger partial charge in [-0.1, -0.05) is 38.3 Å². The normalized spacial score (nSPS) is 10.1. The number of unbranched alkanes of at least 4 members (excludes halogenated alkanes) is 3. The Bertz CT molecular complexity index is 790. The Hall–Kier alpha value is -1.59. The lowest BCUT2D eigenvalue weighted by Crippen LogP contribution is -2.00. The van der Waals surface area contributed by atoms with Gasteiger partial charge in [-0.3, -0.25) is 0 Å². The number of rotatable bonds is 9. The maximum absolute atomic E-state index is 6.20. The van der Waals surface area contributed by atoms with Crippen LogP contribution in [0.1, 0.15) is 32.6 Å². The fourth-order valence-corrected chi connectivity index (χ4v) is 4.30. The van der Waals surface area contributed by atoms with E-state index in [1.54, 1.807) is 29.8 Å². The highest BCUT2D eigenvalue weighted by atomic mass is 32.1. The number of methoxy groups -OCH3 is 1. The molecular weight excluding hydrogens is 381 g/mol. The summed E-state index contributed by atoms with van der Waals surface area (Å²) in [5.41, 5.74) is 2.21. The Labute approximate surface area is 180 Å². The summed E-state index contributed by atoms with van der Waals surface area (Å²) >= 11 is 3.45. The summed E-state index contributed by atoms with van der Waals surface area (Å²) in [6.07, 6.45) is 4.83. The summed E-state index contributed by atoms with van der Waals surface area (Å²) in [4.78, 5) is 2.41. The predicted molar refractivity (Wildman–Crippen MR) is 127 cm³/mol. The zero-order chi connectivity index (χ0) is 20.2. The molecule has 1 aromatic carbocycles. The van der Waals surface area contributed by atoms with Crippen LogP contribution in [0, 0.1) is 0 Å². The Morgan fingerprint density at radius 3 is 1.96 bits per heavy atom. The predicted octanol–water partition coefficient (Wildman–Crippen LogP) is 5.97. The van der Waals surface area contributed by atoms with Gasteiger partial charge in [-0.15, -0.1) is 22.7 Å². The minimum Gasteiger partial charge on any atom is -0.496 e. The molecule has 28 heavy (non-hydrogen) atoms. The highest BCUT2D eigenvalue weighted by molar-refractivity contribution is 7.17. The second kappa shape index (κ2) is 12.8. The zero-order valence-corrected chi connectivity index (χ0v) is 18.2. The molecule has 0 aliphatic carbocycles. The SMILES string of the molecule is CCCCCCOc1cc(-c2cccs2)c(OC)cc1-c1cccs1.[B][B][B]. The molecule has 0 bridgehead atoms. The van der Waals surface area contributed by atoms with E-state index in [1.807, 2.05) is 0 Å². The molecule has 0 saturated heterocycles. The third kappa shape index (κ3) is 6.49. The molecule has 141 valence electrons. The van der Waals surface area contributed by atoms with Crippen molar-refractivity contribution in [2.24, 2.45) is 0 Å². The topological polar surface area (TPSA) is 18.5 Å². The molecule has 0 spiro atoms. The first-order chi connectivity index (χ1) is 13.7. The lowest BCUT2D eigenvalue weighted by molar-refractivity contribution is 0.306. The van der Waals surface area contributed by atoms with Crippen LogP contribution in [-0.4, -0.2) is 36.3 Å². The van der Waals surface area contributed by atoms with Crippen molar-refractivity contribution in [1.29, 1.82) is 0 Å². The van der Waals surface area contributed by atoms with Gasteiger partial charge in [-0.2, -0.15) is 0 Å². The van der Waals surface area contributed by atoms with E-state index in [9.17, 15) is 0 Å². The van der Waals surface area contributed by atoms with Crippen LogP contribution < -0.4 is 9.47 Å². The molecule has 0 N–H and O–H groups in total. The van der Waals surface area contributed by atoms with E-state index in [-0.39, 0.29) is 0 Å². The van der Waals surface area contributed by atoms with Crippen molar-refractivity contribution < 1.29 is 9.47 Å². The molecule has 2 nitrogen and oxygen atoms in total. The summed E-state index contributed by atoms with van der Waals surface area (Å²) < 4.78 is 11.9. The number of hydrogen-bond acceptors (Lipinski definition) is 4. The van der Waals surface area contributed by atoms with Crippen LogP contribution in [0.25, 0.3) is 20.9 Å². The Kier molecular flexibility index (Phi) is 10.4. The minimum absolute atomic E-state index is 0.759. The van der Waals surface area contributed by atoms with Crippen LogP contribution in [0.3, 0.4) is 0 Å². The van der Waals surface area contributed by atoms with Crippen molar-refractivity contribution in [2.75, 3.05) is 13.7 Å². The summed E-state index contributed by atoms with van der Waals surface area (Å²) in [6.45, 7) is 2.99. The van der Waals surface area contributed by atoms with Crippen molar-refractivity contribution in [3.8, 4) is 32.4 Å². The minimum atomic E-state index is 0.759. The maximum Gasteiger partial charge on any atom is 0.128 e. The molecule has 0 aliphatic rings. The van der Waals surface area contributed by atoms with Gasteiger partial charge in [0.05, 0.1) is 13.7 Å². The van der Waals surface area contributed by atoms with Gasteiger partial charge < -0.3 is 9.47 Å². The van der Waals surface area contributed by atoms with Crippen molar-refractivity contribution in [3.63, 3.8) is 0 Å². The smallest absolute Gasteiger partial charge is 0.128 e. The van der Waals surface area contributed by atoms with Crippen molar-refractivity contribution >= 4 is 45.2 Å². The second-order valence-electron chi connectivity index (χ2n) is 6.10. The molecule has 0 aliphatic heterocycles. The first-order valence-electron chi connectivity index (χ1n) is 9.42. The molecule has 2 heterocycles. The van der Waals surface area contributed by atoms with Gasteiger partial charge in [0.25, 0.3) is 0 Å². The Morgan fingerprint density at radius 2 is 1.46 bits per heavy atom. The summed E-state index contributed by atoms with van der Waals surface area (Å²) in [6, 6.07) is 12.6. The summed E-state index contributed by atoms with van der Waals surface area (Å²) in [5, 5.41) is 4.19. The van der Waals surface area contributed by atoms with E-state index in [2.05, 4.69) is 69.6 Å². The summed E-state index contributed by atoms with van der Waals surface area (Å²) in [7, 11) is 11.7. The van der Waals surface area contributed by atoms with Crippen molar-refractivity contribution in [1.82, 2.24) is 0 Å². The van der Waals surface area contributed by atoms with Gasteiger partial charge in [-0.25, -0.2) is 0 Å². The lowest BCUT2D eigenvalue weighted by Gasteiger charge is -2.15. The molecule has 0 amide bonds. The van der Waals surface area contributed by atoms with E-state index in [1.165, 1.54) is 29.0 Å². The Balaban J connectivity index is 0.000000878. The number of benzene rings is 1. The second-order valence-corrected chi connectivity index (χ2v) is 8.00. The molecule has 7 heteroatoms. The standard InChI is InChI=1S/C21H24O2S2.B3/c1-3-4-5-6-11-23-19-15-16(20-9-7-12-24-20)18(22-2)14-17(19)21-10-8-13-25-21;1-3-2/h7-10,12-15H,3-6,11H2,1-2H3;. The van der Waals surface area contributed by atoms with Crippen LogP contribution in [0.5, 0.6) is 11.5 Å². The largest absolute Gasteiger partial charge is 0.496 e. The van der Waals surface area contributed by atoms with Gasteiger partial charge in [0.15, 0.2) is 0 Å². The average Bonchev–Trinajstić information content (AvgIpc) is 3.42. The van der Waals surface area contributed by atoms with Gasteiger partial charge >= 0.3 is 0 Å². The summed E-state index contributed by atoms with van der Waals surface area (Å²) in [5.74, 6) is 1.84. The fraction of sp³-hybridized carbons (Fsp3) is 0.333. The molecule has 3 aromatic rings. The number of hydrogen-bond donors (Lipinski definition) is 0. The average molecular weight is 405 g/mol. The highest BCUT2D eigenvalue weighted by Gasteiger charge is 2.16. The quantitative estimate of drug-likeness (QED) is 0.323. The van der Waals surface area contributed by atoms with Gasteiger partial charge in [0.2, 0.25) is 0 Å². The number of thiophene rings is 2. The van der Waals surface area contributed by atoms with Gasteiger partial charge in [0.1, 0.15) is 11.5 Å². The van der Waals surface area contributed by atoms with E-state index in [0.717, 1.165) is 42.7 Å². The molecule has 2 aromatic heterocycles. The monoisotopic (exact) mass is 405 g/mol. The third-order valence-electron chi connectivity index (χ3n) is 4.13. The molecular formula is C21H24B3O2S2. The van der Waals surface area contributed by atoms with Crippen LogP contribution in [-0.2, 0) is 0 Å². The molecule has 0 atom stereocenters. The molecule has 0 unspecified atom stereocenters. The van der Waals surface area contributed by atoms with Gasteiger partial charge in [0, 0.05) is 43.4 Å². The van der Waals surface area contributed by atoms with E-state index in [4.69, 9.17) is 9.47 Å². The van der Waals surface area contributed by atoms with E-state index < -0.39 is 0 Å². The fourth-order valence-electron chi connectivity index (χ4n) is 2.81. The molecule has 0 fully saturated rings.